The summed E-state index contributed by atoms with van der Waals surface area (Å²) in [7, 11) is -5.10. The van der Waals surface area contributed by atoms with Crippen molar-refractivity contribution >= 4 is 19.8 Å². The molecule has 1 saturated carbocycles. The maximum Gasteiger partial charge on any atom is 0.472 e. The Morgan fingerprint density at radius 1 is 0.600 bits per heavy atom. The molecule has 0 aliphatic heterocycles. The first kappa shape index (κ1) is 46.6. The van der Waals surface area contributed by atoms with E-state index in [9.17, 15) is 44.6 Å². The summed E-state index contributed by atoms with van der Waals surface area (Å²) in [6.07, 6.45) is 11.6. The first-order chi connectivity index (χ1) is 23.9. The molecule has 6 unspecified atom stereocenters. The molecule has 294 valence electrons. The SMILES string of the molecule is CCCCC/C=C/CCCCCCCC(=O)OC[C@H](COP(=O)(O)OC1C(O)C(O)C(O)[C@@H](O)C1O)OC(=O)CCCCCCCCCCC. The van der Waals surface area contributed by atoms with Crippen LogP contribution in [0.15, 0.2) is 12.2 Å². The second-order valence-electron chi connectivity index (χ2n) is 13.4. The molecule has 1 aliphatic rings. The van der Waals surface area contributed by atoms with E-state index in [2.05, 4.69) is 26.0 Å². The zero-order valence-corrected chi connectivity index (χ0v) is 31.3. The highest BCUT2D eigenvalue weighted by Gasteiger charge is 2.51. The van der Waals surface area contributed by atoms with Crippen molar-refractivity contribution in [1.29, 1.82) is 0 Å². The van der Waals surface area contributed by atoms with Gasteiger partial charge >= 0.3 is 19.8 Å². The summed E-state index contributed by atoms with van der Waals surface area (Å²) in [5, 5.41) is 49.8. The fraction of sp³-hybridized carbons (Fsp3) is 0.889. The Morgan fingerprint density at radius 3 is 1.56 bits per heavy atom. The monoisotopic (exact) mass is 738 g/mol. The quantitative estimate of drug-likeness (QED) is 0.0231. The van der Waals surface area contributed by atoms with Gasteiger partial charge in [-0.05, 0) is 38.5 Å². The largest absolute Gasteiger partial charge is 0.472 e. The van der Waals surface area contributed by atoms with Gasteiger partial charge in [0.15, 0.2) is 6.10 Å². The van der Waals surface area contributed by atoms with E-state index in [0.29, 0.717) is 12.8 Å². The topological polar surface area (TPSA) is 210 Å². The molecule has 0 aromatic carbocycles. The molecule has 8 atom stereocenters. The van der Waals surface area contributed by atoms with Gasteiger partial charge in [0.25, 0.3) is 0 Å². The smallest absolute Gasteiger partial charge is 0.462 e. The summed E-state index contributed by atoms with van der Waals surface area (Å²) in [4.78, 5) is 35.3. The van der Waals surface area contributed by atoms with Gasteiger partial charge in [-0.25, -0.2) is 4.57 Å². The molecule has 0 amide bonds. The molecule has 1 rings (SSSR count). The van der Waals surface area contributed by atoms with Crippen LogP contribution in [0.3, 0.4) is 0 Å². The first-order valence-corrected chi connectivity index (χ1v) is 20.5. The van der Waals surface area contributed by atoms with Crippen molar-refractivity contribution in [3.05, 3.63) is 12.2 Å². The number of hydrogen-bond acceptors (Lipinski definition) is 12. The molecule has 13 nitrogen and oxygen atoms in total. The predicted molar refractivity (Wildman–Crippen MR) is 189 cm³/mol. The van der Waals surface area contributed by atoms with E-state index in [0.717, 1.165) is 64.2 Å². The van der Waals surface area contributed by atoms with E-state index in [1.165, 1.54) is 44.9 Å². The van der Waals surface area contributed by atoms with Crippen molar-refractivity contribution < 1.29 is 63.1 Å². The summed E-state index contributed by atoms with van der Waals surface area (Å²) in [6, 6.07) is 0. The zero-order chi connectivity index (χ0) is 37.2. The van der Waals surface area contributed by atoms with Gasteiger partial charge in [-0.1, -0.05) is 109 Å². The van der Waals surface area contributed by atoms with Crippen LogP contribution in [0.4, 0.5) is 0 Å². The van der Waals surface area contributed by atoms with E-state index >= 15 is 0 Å². The number of aliphatic hydroxyl groups is 5. The van der Waals surface area contributed by atoms with Gasteiger partial charge in [0.1, 0.15) is 43.2 Å². The van der Waals surface area contributed by atoms with Gasteiger partial charge in [0.05, 0.1) is 6.61 Å². The number of allylic oxidation sites excluding steroid dienone is 2. The summed E-state index contributed by atoms with van der Waals surface area (Å²) in [5.74, 6) is -1.11. The predicted octanol–water partition coefficient (Wildman–Crippen LogP) is 5.55. The Labute approximate surface area is 299 Å². The Hall–Kier alpha value is -1.41. The normalized spacial score (nSPS) is 24.2. The Bertz CT molecular complexity index is 948. The van der Waals surface area contributed by atoms with Crippen LogP contribution in [-0.4, -0.2) is 98.3 Å². The van der Waals surface area contributed by atoms with Crippen LogP contribution in [0.5, 0.6) is 0 Å². The number of phosphoric acid groups is 1. The molecule has 0 aromatic heterocycles. The molecule has 0 heterocycles. The maximum absolute atomic E-state index is 12.7. The van der Waals surface area contributed by atoms with E-state index in [4.69, 9.17) is 18.5 Å². The number of ether oxygens (including phenoxy) is 2. The van der Waals surface area contributed by atoms with Crippen molar-refractivity contribution in [3.63, 3.8) is 0 Å². The standard InChI is InChI=1S/C36H67O13P/c1-3-5-7-9-11-13-14-15-17-18-20-22-24-29(37)46-26-28(48-30(38)25-23-21-19-16-12-10-8-6-4-2)27-47-50(44,45)49-36-34(42)32(40)31(39)33(41)35(36)43/h11,13,28,31-36,39-43H,3-10,12,14-27H2,1-2H3,(H,44,45)/b13-11+/t28-,31?,32-,33?,34?,35?,36?/m1/s1. The lowest BCUT2D eigenvalue weighted by molar-refractivity contribution is -0.220. The zero-order valence-electron chi connectivity index (χ0n) is 30.4. The maximum atomic E-state index is 12.7. The van der Waals surface area contributed by atoms with Crippen molar-refractivity contribution in [2.45, 2.75) is 191 Å². The Morgan fingerprint density at radius 2 is 1.02 bits per heavy atom. The third-order valence-corrected chi connectivity index (χ3v) is 9.84. The third kappa shape index (κ3) is 21.2. The van der Waals surface area contributed by atoms with Crippen LogP contribution < -0.4 is 0 Å². The lowest BCUT2D eigenvalue weighted by atomic mass is 9.85. The third-order valence-electron chi connectivity index (χ3n) is 8.86. The average molecular weight is 739 g/mol. The van der Waals surface area contributed by atoms with Crippen LogP contribution in [0.2, 0.25) is 0 Å². The van der Waals surface area contributed by atoms with Crippen molar-refractivity contribution in [2.24, 2.45) is 0 Å². The molecular weight excluding hydrogens is 671 g/mol. The molecule has 1 fully saturated rings. The lowest BCUT2D eigenvalue weighted by Gasteiger charge is -2.41. The van der Waals surface area contributed by atoms with Crippen molar-refractivity contribution in [3.8, 4) is 0 Å². The number of hydrogen-bond donors (Lipinski definition) is 6. The number of aliphatic hydroxyl groups excluding tert-OH is 5. The molecule has 0 saturated heterocycles. The minimum Gasteiger partial charge on any atom is -0.462 e. The number of unbranched alkanes of at least 4 members (excludes halogenated alkanes) is 16. The highest BCUT2D eigenvalue weighted by Crippen LogP contribution is 2.47. The second-order valence-corrected chi connectivity index (χ2v) is 14.8. The lowest BCUT2D eigenvalue weighted by Crippen LogP contribution is -2.64. The highest BCUT2D eigenvalue weighted by atomic mass is 31.2. The molecule has 0 bridgehead atoms. The summed E-state index contributed by atoms with van der Waals surface area (Å²) >= 11 is 0. The molecule has 0 radical (unpaired) electrons. The molecular formula is C36H67O13P. The van der Waals surface area contributed by atoms with Gasteiger partial charge in [-0.3, -0.25) is 18.6 Å². The summed E-state index contributed by atoms with van der Waals surface area (Å²) in [5.41, 5.74) is 0. The first-order valence-electron chi connectivity index (χ1n) is 19.0. The van der Waals surface area contributed by atoms with Crippen molar-refractivity contribution in [1.82, 2.24) is 0 Å². The van der Waals surface area contributed by atoms with E-state index in [1.807, 2.05) is 0 Å². The fourth-order valence-corrected chi connectivity index (χ4v) is 6.66. The minimum atomic E-state index is -5.10. The fourth-order valence-electron chi connectivity index (χ4n) is 5.69. The summed E-state index contributed by atoms with van der Waals surface area (Å²) < 4.78 is 33.2. The second kappa shape index (κ2) is 28.1. The average Bonchev–Trinajstić information content (AvgIpc) is 3.09. The number of phosphoric ester groups is 1. The minimum absolute atomic E-state index is 0.0980. The Kier molecular flexibility index (Phi) is 26.2. The van der Waals surface area contributed by atoms with Gasteiger partial charge in [0, 0.05) is 12.8 Å². The molecule has 0 spiro atoms. The molecule has 1 aliphatic carbocycles. The van der Waals surface area contributed by atoms with Crippen LogP contribution in [0, 0.1) is 0 Å². The number of esters is 2. The number of rotatable bonds is 30. The van der Waals surface area contributed by atoms with Crippen LogP contribution >= 0.6 is 7.82 Å². The Balaban J connectivity index is 2.56. The number of carbonyl (C=O) groups excluding carboxylic acids is 2. The van der Waals surface area contributed by atoms with Gasteiger partial charge in [0.2, 0.25) is 0 Å². The molecule has 6 N–H and O–H groups in total. The van der Waals surface area contributed by atoms with Gasteiger partial charge < -0.3 is 39.9 Å². The van der Waals surface area contributed by atoms with Gasteiger partial charge in [-0.2, -0.15) is 0 Å². The van der Waals surface area contributed by atoms with E-state index in [-0.39, 0.29) is 12.8 Å². The van der Waals surface area contributed by atoms with Crippen molar-refractivity contribution in [2.75, 3.05) is 13.2 Å². The summed E-state index contributed by atoms with van der Waals surface area (Å²) in [6.45, 7) is 3.20. The van der Waals surface area contributed by atoms with Crippen LogP contribution in [0.1, 0.15) is 149 Å². The highest BCUT2D eigenvalue weighted by molar-refractivity contribution is 7.47. The molecule has 14 heteroatoms. The molecule has 0 aromatic rings. The van der Waals surface area contributed by atoms with E-state index < -0.39 is 75.7 Å². The van der Waals surface area contributed by atoms with Crippen LogP contribution in [0.25, 0.3) is 0 Å². The van der Waals surface area contributed by atoms with Gasteiger partial charge in [-0.15, -0.1) is 0 Å². The number of carbonyl (C=O) groups is 2. The van der Waals surface area contributed by atoms with Crippen LogP contribution in [-0.2, 0) is 32.7 Å². The molecule has 50 heavy (non-hydrogen) atoms. The van der Waals surface area contributed by atoms with E-state index in [1.54, 1.807) is 0 Å².